The van der Waals surface area contributed by atoms with Gasteiger partial charge in [-0.05, 0) is 95.5 Å². The van der Waals surface area contributed by atoms with Crippen LogP contribution < -0.4 is 9.47 Å². The predicted molar refractivity (Wildman–Crippen MR) is 144 cm³/mol. The maximum atomic E-state index is 11.4. The zero-order chi connectivity index (χ0) is 26.9. The Labute approximate surface area is 223 Å². The van der Waals surface area contributed by atoms with Gasteiger partial charge in [-0.25, -0.2) is 8.42 Å². The molecule has 0 saturated carbocycles. The average Bonchev–Trinajstić information content (AvgIpc) is 3.25. The highest BCUT2D eigenvalue weighted by molar-refractivity contribution is 7.90. The first-order valence-corrected chi connectivity index (χ1v) is 14.8. The molecule has 0 amide bonds. The van der Waals surface area contributed by atoms with Gasteiger partial charge < -0.3 is 18.9 Å². The minimum Gasteiger partial charge on any atom is -0.494 e. The second-order valence-corrected chi connectivity index (χ2v) is 12.2. The molecule has 0 N–H and O–H groups in total. The number of aryl methyl sites for hydroxylation is 2. The number of fused-ring (bicyclic) bond motifs is 4. The Balaban J connectivity index is 1.29. The standard InChI is InChI=1S/C30H32O7S/c1-19-14-25(34-12-5-13-38(3,32)33)15-21-8-10-26-22(6-4-7-28(26)29(19)21)17-35-24-9-11-27-23(16-24)18-36-30(27)37-20(2)31/h4,6-7,9,11,14-16,30H,5,8,10,12-13,17-18H2,1-3H3/t30-/m0/s1. The molecule has 0 saturated heterocycles. The van der Waals surface area contributed by atoms with Crippen molar-refractivity contribution in [3.63, 3.8) is 0 Å². The van der Waals surface area contributed by atoms with Crippen LogP contribution in [0.2, 0.25) is 0 Å². The Morgan fingerprint density at radius 3 is 2.63 bits per heavy atom. The first-order valence-electron chi connectivity index (χ1n) is 12.8. The number of hydrogen-bond donors (Lipinski definition) is 0. The maximum absolute atomic E-state index is 11.4. The zero-order valence-corrected chi connectivity index (χ0v) is 22.7. The molecule has 0 bridgehead atoms. The molecule has 8 heteroatoms. The van der Waals surface area contributed by atoms with Gasteiger partial charge in [0, 0.05) is 18.7 Å². The highest BCUT2D eigenvalue weighted by Gasteiger charge is 2.26. The third-order valence-electron chi connectivity index (χ3n) is 6.93. The monoisotopic (exact) mass is 536 g/mol. The summed E-state index contributed by atoms with van der Waals surface area (Å²) in [5.74, 6) is 1.29. The van der Waals surface area contributed by atoms with Gasteiger partial charge in [-0.2, -0.15) is 0 Å². The summed E-state index contributed by atoms with van der Waals surface area (Å²) in [4.78, 5) is 11.3. The highest BCUT2D eigenvalue weighted by Crippen LogP contribution is 2.40. The largest absolute Gasteiger partial charge is 0.494 e. The molecule has 0 fully saturated rings. The van der Waals surface area contributed by atoms with Gasteiger partial charge in [0.1, 0.15) is 27.9 Å². The minimum absolute atomic E-state index is 0.128. The van der Waals surface area contributed by atoms with E-state index in [0.29, 0.717) is 26.2 Å². The van der Waals surface area contributed by atoms with E-state index in [0.717, 1.165) is 46.6 Å². The molecule has 0 unspecified atom stereocenters. The lowest BCUT2D eigenvalue weighted by Crippen LogP contribution is -2.11. The highest BCUT2D eigenvalue weighted by atomic mass is 32.2. The molecule has 2 aliphatic rings. The van der Waals surface area contributed by atoms with Gasteiger partial charge in [0.15, 0.2) is 0 Å². The van der Waals surface area contributed by atoms with Crippen molar-refractivity contribution in [1.82, 2.24) is 0 Å². The van der Waals surface area contributed by atoms with Crippen LogP contribution in [0.5, 0.6) is 11.5 Å². The third kappa shape index (κ3) is 5.87. The van der Waals surface area contributed by atoms with E-state index in [4.69, 9.17) is 18.9 Å². The van der Waals surface area contributed by atoms with Crippen LogP contribution in [0.3, 0.4) is 0 Å². The van der Waals surface area contributed by atoms with E-state index >= 15 is 0 Å². The minimum atomic E-state index is -2.98. The van der Waals surface area contributed by atoms with Crippen LogP contribution >= 0.6 is 0 Å². The van der Waals surface area contributed by atoms with E-state index < -0.39 is 16.1 Å². The number of ether oxygens (including phenoxy) is 4. The van der Waals surface area contributed by atoms with Gasteiger partial charge in [0.05, 0.1) is 19.0 Å². The summed E-state index contributed by atoms with van der Waals surface area (Å²) < 4.78 is 45.6. The Hall–Kier alpha value is -3.36. The zero-order valence-electron chi connectivity index (χ0n) is 21.9. The number of esters is 1. The van der Waals surface area contributed by atoms with Gasteiger partial charge >= 0.3 is 5.97 Å². The van der Waals surface area contributed by atoms with E-state index in [2.05, 4.69) is 31.2 Å². The van der Waals surface area contributed by atoms with Crippen molar-refractivity contribution in [1.29, 1.82) is 0 Å². The smallest absolute Gasteiger partial charge is 0.305 e. The molecular formula is C30H32O7S. The summed E-state index contributed by atoms with van der Waals surface area (Å²) >= 11 is 0. The average molecular weight is 537 g/mol. The molecule has 0 radical (unpaired) electrons. The van der Waals surface area contributed by atoms with Crippen LogP contribution in [0.1, 0.15) is 53.0 Å². The lowest BCUT2D eigenvalue weighted by molar-refractivity contribution is -0.175. The number of benzene rings is 3. The lowest BCUT2D eigenvalue weighted by atomic mass is 9.81. The molecule has 1 atom stereocenters. The lowest BCUT2D eigenvalue weighted by Gasteiger charge is -2.25. The van der Waals surface area contributed by atoms with Crippen LogP contribution in [-0.2, 0) is 50.2 Å². The second kappa shape index (κ2) is 10.8. The Bertz CT molecular complexity index is 1480. The van der Waals surface area contributed by atoms with E-state index in [1.807, 2.05) is 24.3 Å². The van der Waals surface area contributed by atoms with Crippen molar-refractivity contribution >= 4 is 15.8 Å². The molecule has 0 aromatic heterocycles. The van der Waals surface area contributed by atoms with E-state index in [1.54, 1.807) is 0 Å². The van der Waals surface area contributed by atoms with E-state index in [-0.39, 0.29) is 11.7 Å². The number of rotatable bonds is 9. The SMILES string of the molecule is CC(=O)O[C@@H]1OCc2cc(OCc3cccc4c3CCc3cc(OCCCS(C)(=O)=O)cc(C)c3-4)ccc21. The number of hydrogen-bond acceptors (Lipinski definition) is 7. The normalized spacial score (nSPS) is 15.8. The van der Waals surface area contributed by atoms with Crippen molar-refractivity contribution in [2.24, 2.45) is 0 Å². The Morgan fingerprint density at radius 2 is 1.84 bits per heavy atom. The van der Waals surface area contributed by atoms with Crippen molar-refractivity contribution < 1.29 is 32.2 Å². The molecule has 1 aliphatic carbocycles. The Morgan fingerprint density at radius 1 is 1.03 bits per heavy atom. The van der Waals surface area contributed by atoms with Gasteiger partial charge in [-0.1, -0.05) is 18.2 Å². The first kappa shape index (κ1) is 26.3. The van der Waals surface area contributed by atoms with Crippen molar-refractivity contribution in [3.8, 4) is 22.6 Å². The molecular weight excluding hydrogens is 504 g/mol. The number of sulfone groups is 1. The summed E-state index contributed by atoms with van der Waals surface area (Å²) in [6.07, 6.45) is 2.87. The van der Waals surface area contributed by atoms with Gasteiger partial charge in [0.25, 0.3) is 0 Å². The van der Waals surface area contributed by atoms with Gasteiger partial charge in [-0.15, -0.1) is 0 Å². The topological polar surface area (TPSA) is 88.1 Å². The fourth-order valence-corrected chi connectivity index (χ4v) is 5.89. The van der Waals surface area contributed by atoms with Crippen LogP contribution in [0, 0.1) is 6.92 Å². The first-order chi connectivity index (χ1) is 18.2. The summed E-state index contributed by atoms with van der Waals surface area (Å²) in [5, 5.41) is 0. The molecule has 5 rings (SSSR count). The van der Waals surface area contributed by atoms with Crippen LogP contribution in [0.15, 0.2) is 48.5 Å². The molecule has 7 nitrogen and oxygen atoms in total. The maximum Gasteiger partial charge on any atom is 0.305 e. The van der Waals surface area contributed by atoms with Crippen molar-refractivity contribution in [3.05, 3.63) is 81.9 Å². The van der Waals surface area contributed by atoms with Gasteiger partial charge in [0.2, 0.25) is 6.29 Å². The molecule has 1 heterocycles. The van der Waals surface area contributed by atoms with E-state index in [9.17, 15) is 13.2 Å². The molecule has 0 spiro atoms. The summed E-state index contributed by atoms with van der Waals surface area (Å²) in [6.45, 7) is 4.67. The second-order valence-electron chi connectivity index (χ2n) is 9.95. The van der Waals surface area contributed by atoms with Crippen molar-refractivity contribution in [2.45, 2.75) is 52.6 Å². The fraction of sp³-hybridized carbons (Fsp3) is 0.367. The molecule has 3 aromatic carbocycles. The van der Waals surface area contributed by atoms with Crippen LogP contribution in [0.4, 0.5) is 0 Å². The number of carbonyl (C=O) groups excluding carboxylic acids is 1. The summed E-state index contributed by atoms with van der Waals surface area (Å²) in [5.41, 5.74) is 9.11. The molecule has 200 valence electrons. The quantitative estimate of drug-likeness (QED) is 0.273. The molecule has 38 heavy (non-hydrogen) atoms. The predicted octanol–water partition coefficient (Wildman–Crippen LogP) is 5.25. The Kier molecular flexibility index (Phi) is 7.45. The van der Waals surface area contributed by atoms with E-state index in [1.165, 1.54) is 35.4 Å². The summed E-state index contributed by atoms with van der Waals surface area (Å²) in [7, 11) is -2.98. The van der Waals surface area contributed by atoms with Crippen LogP contribution in [-0.4, -0.2) is 33.0 Å². The molecule has 1 aliphatic heterocycles. The van der Waals surface area contributed by atoms with Gasteiger partial charge in [-0.3, -0.25) is 4.79 Å². The van der Waals surface area contributed by atoms with Crippen LogP contribution in [0.25, 0.3) is 11.1 Å². The fourth-order valence-electron chi connectivity index (χ4n) is 5.25. The third-order valence-corrected chi connectivity index (χ3v) is 7.96. The van der Waals surface area contributed by atoms with Crippen molar-refractivity contribution in [2.75, 3.05) is 18.6 Å². The molecule has 3 aromatic rings. The summed E-state index contributed by atoms with van der Waals surface area (Å²) in [6, 6.07) is 16.2. The number of carbonyl (C=O) groups is 1.